The molecule has 0 radical (unpaired) electrons. The molecule has 4 rings (SSSR count). The third-order valence-corrected chi connectivity index (χ3v) is 5.81. The molecule has 3 aromatic rings. The zero-order chi connectivity index (χ0) is 17.8. The van der Waals surface area contributed by atoms with Gasteiger partial charge in [0, 0.05) is 25.8 Å². The lowest BCUT2D eigenvalue weighted by Gasteiger charge is -2.31. The van der Waals surface area contributed by atoms with Gasteiger partial charge in [-0.25, -0.2) is 9.97 Å². The van der Waals surface area contributed by atoms with Gasteiger partial charge < -0.3 is 10.2 Å². The molecule has 1 aliphatic rings. The van der Waals surface area contributed by atoms with E-state index in [1.807, 2.05) is 30.3 Å². The van der Waals surface area contributed by atoms with Crippen LogP contribution in [0.3, 0.4) is 0 Å². The fraction of sp³-hybridized carbons (Fsp3) is 0.350. The Morgan fingerprint density at radius 3 is 2.96 bits per heavy atom. The van der Waals surface area contributed by atoms with Crippen molar-refractivity contribution in [3.05, 3.63) is 54.2 Å². The van der Waals surface area contributed by atoms with Crippen LogP contribution in [0.15, 0.2) is 48.7 Å². The summed E-state index contributed by atoms with van der Waals surface area (Å²) in [5.74, 6) is 0.185. The number of fused-ring (bicyclic) bond motifs is 1. The van der Waals surface area contributed by atoms with Crippen LogP contribution >= 0.6 is 11.3 Å². The van der Waals surface area contributed by atoms with Gasteiger partial charge in [-0.2, -0.15) is 0 Å². The van der Waals surface area contributed by atoms with E-state index in [0.29, 0.717) is 6.54 Å². The monoisotopic (exact) mass is 366 g/mol. The van der Waals surface area contributed by atoms with E-state index in [9.17, 15) is 4.79 Å². The van der Waals surface area contributed by atoms with Crippen molar-refractivity contribution in [3.8, 4) is 0 Å². The molecule has 1 atom stereocenters. The summed E-state index contributed by atoms with van der Waals surface area (Å²) in [5, 5.41) is 4.08. The van der Waals surface area contributed by atoms with E-state index in [0.717, 1.165) is 47.8 Å². The Kier molecular flexibility index (Phi) is 5.11. The van der Waals surface area contributed by atoms with E-state index in [1.54, 1.807) is 17.5 Å². The molecule has 1 N–H and O–H groups in total. The van der Waals surface area contributed by atoms with Gasteiger partial charge in [0.05, 0.1) is 5.92 Å². The molecule has 2 aromatic heterocycles. The van der Waals surface area contributed by atoms with Crippen molar-refractivity contribution < 1.29 is 4.79 Å². The van der Waals surface area contributed by atoms with Gasteiger partial charge in [-0.05, 0) is 37.0 Å². The maximum Gasteiger partial charge on any atom is 0.224 e. The molecule has 26 heavy (non-hydrogen) atoms. The lowest BCUT2D eigenvalue weighted by Crippen LogP contribution is -2.43. The molecular formula is C20H22N4OS. The Balaban J connectivity index is 1.34. The maximum atomic E-state index is 12.6. The molecule has 6 heteroatoms. The lowest BCUT2D eigenvalue weighted by molar-refractivity contribution is -0.125. The number of hydrogen-bond donors (Lipinski definition) is 1. The molecule has 0 unspecified atom stereocenters. The second-order valence-electron chi connectivity index (χ2n) is 6.64. The first-order chi connectivity index (χ1) is 12.8. The lowest BCUT2D eigenvalue weighted by atomic mass is 9.97. The number of nitrogens with zero attached hydrogens (tertiary/aromatic N) is 3. The number of hydrogen-bond acceptors (Lipinski definition) is 5. The molecule has 1 saturated heterocycles. The van der Waals surface area contributed by atoms with Crippen molar-refractivity contribution in [2.24, 2.45) is 5.92 Å². The van der Waals surface area contributed by atoms with E-state index < -0.39 is 0 Å². The highest BCUT2D eigenvalue weighted by atomic mass is 32.1. The second-order valence-corrected chi connectivity index (χ2v) is 7.59. The average Bonchev–Trinajstić information content (AvgIpc) is 3.13. The smallest absolute Gasteiger partial charge is 0.224 e. The number of pyridine rings is 1. The van der Waals surface area contributed by atoms with E-state index in [-0.39, 0.29) is 11.8 Å². The number of aromatic nitrogens is 2. The Bertz CT molecular complexity index is 847. The molecule has 0 saturated carbocycles. The third kappa shape index (κ3) is 3.85. The predicted molar refractivity (Wildman–Crippen MR) is 106 cm³/mol. The fourth-order valence-electron chi connectivity index (χ4n) is 3.38. The molecule has 0 aliphatic carbocycles. The summed E-state index contributed by atoms with van der Waals surface area (Å²) >= 11 is 1.60. The average molecular weight is 366 g/mol. The van der Waals surface area contributed by atoms with E-state index >= 15 is 0 Å². The summed E-state index contributed by atoms with van der Waals surface area (Å²) in [6.45, 7) is 2.37. The maximum absolute atomic E-state index is 12.6. The molecule has 3 heterocycles. The summed E-state index contributed by atoms with van der Waals surface area (Å²) in [4.78, 5) is 24.8. The summed E-state index contributed by atoms with van der Waals surface area (Å²) < 4.78 is 0. The minimum absolute atomic E-state index is 0.0273. The van der Waals surface area contributed by atoms with Crippen LogP contribution in [0, 0.1) is 5.92 Å². The number of carbonyl (C=O) groups excluding carboxylic acids is 1. The van der Waals surface area contributed by atoms with Gasteiger partial charge >= 0.3 is 0 Å². The SMILES string of the molecule is O=C(NCCc1ccccc1)[C@H]1CCCN(c2nc3cccnc3s2)C1. The van der Waals surface area contributed by atoms with E-state index in [1.165, 1.54) is 5.56 Å². The zero-order valence-electron chi connectivity index (χ0n) is 14.6. The van der Waals surface area contributed by atoms with Crippen molar-refractivity contribution in [1.29, 1.82) is 0 Å². The van der Waals surface area contributed by atoms with Gasteiger partial charge in [0.1, 0.15) is 10.3 Å². The van der Waals surface area contributed by atoms with Crippen molar-refractivity contribution >= 4 is 32.7 Å². The number of thiazole rings is 1. The number of rotatable bonds is 5. The van der Waals surface area contributed by atoms with Gasteiger partial charge in [0.2, 0.25) is 5.91 Å². The Labute approximate surface area is 157 Å². The zero-order valence-corrected chi connectivity index (χ0v) is 15.4. The van der Waals surface area contributed by atoms with Gasteiger partial charge in [-0.15, -0.1) is 0 Å². The number of nitrogens with one attached hydrogen (secondary N) is 1. The Hall–Kier alpha value is -2.47. The van der Waals surface area contributed by atoms with Crippen LogP contribution in [-0.4, -0.2) is 35.5 Å². The minimum Gasteiger partial charge on any atom is -0.355 e. The quantitative estimate of drug-likeness (QED) is 0.753. The highest BCUT2D eigenvalue weighted by molar-refractivity contribution is 7.21. The van der Waals surface area contributed by atoms with Gasteiger partial charge in [0.15, 0.2) is 5.13 Å². The molecule has 1 fully saturated rings. The number of benzene rings is 1. The molecule has 0 spiro atoms. The first kappa shape index (κ1) is 17.0. The van der Waals surface area contributed by atoms with Gasteiger partial charge in [0.25, 0.3) is 0 Å². The van der Waals surface area contributed by atoms with Crippen molar-refractivity contribution in [2.45, 2.75) is 19.3 Å². The number of carbonyl (C=O) groups is 1. The van der Waals surface area contributed by atoms with Crippen molar-refractivity contribution in [3.63, 3.8) is 0 Å². The highest BCUT2D eigenvalue weighted by Crippen LogP contribution is 2.30. The third-order valence-electron chi connectivity index (χ3n) is 4.77. The van der Waals surface area contributed by atoms with Crippen LogP contribution in [0.5, 0.6) is 0 Å². The van der Waals surface area contributed by atoms with Gasteiger partial charge in [-0.3, -0.25) is 4.79 Å². The van der Waals surface area contributed by atoms with Crippen LogP contribution in [0.4, 0.5) is 5.13 Å². The number of piperidine rings is 1. The summed E-state index contributed by atoms with van der Waals surface area (Å²) in [5.41, 5.74) is 2.18. The standard InChI is InChI=1S/C20H22N4OS/c25-18(21-12-10-15-6-2-1-3-7-15)16-8-5-13-24(14-16)20-23-17-9-4-11-22-19(17)26-20/h1-4,6-7,9,11,16H,5,8,10,12-14H2,(H,21,25)/t16-/m0/s1. The molecule has 1 aliphatic heterocycles. The van der Waals surface area contributed by atoms with Crippen LogP contribution in [0.1, 0.15) is 18.4 Å². The first-order valence-electron chi connectivity index (χ1n) is 9.08. The molecule has 134 valence electrons. The van der Waals surface area contributed by atoms with Crippen LogP contribution in [0.25, 0.3) is 10.3 Å². The fourth-order valence-corrected chi connectivity index (χ4v) is 4.32. The number of amides is 1. The molecule has 0 bridgehead atoms. The topological polar surface area (TPSA) is 58.1 Å². The van der Waals surface area contributed by atoms with Crippen LogP contribution in [0.2, 0.25) is 0 Å². The molecule has 1 amide bonds. The summed E-state index contributed by atoms with van der Waals surface area (Å²) in [6, 6.07) is 14.2. The van der Waals surface area contributed by atoms with Crippen molar-refractivity contribution in [2.75, 3.05) is 24.5 Å². The summed E-state index contributed by atoms with van der Waals surface area (Å²) in [6.07, 6.45) is 4.62. The largest absolute Gasteiger partial charge is 0.355 e. The highest BCUT2D eigenvalue weighted by Gasteiger charge is 2.27. The molecule has 1 aromatic carbocycles. The van der Waals surface area contributed by atoms with Crippen molar-refractivity contribution in [1.82, 2.24) is 15.3 Å². The first-order valence-corrected chi connectivity index (χ1v) is 9.89. The molecular weight excluding hydrogens is 344 g/mol. The van der Waals surface area contributed by atoms with Crippen LogP contribution < -0.4 is 10.2 Å². The molecule has 5 nitrogen and oxygen atoms in total. The predicted octanol–water partition coefficient (Wildman–Crippen LogP) is 3.27. The normalized spacial score (nSPS) is 17.4. The van der Waals surface area contributed by atoms with Gasteiger partial charge in [-0.1, -0.05) is 41.7 Å². The minimum atomic E-state index is 0.0273. The number of anilines is 1. The van der Waals surface area contributed by atoms with E-state index in [4.69, 9.17) is 0 Å². The summed E-state index contributed by atoms with van der Waals surface area (Å²) in [7, 11) is 0. The van der Waals surface area contributed by atoms with E-state index in [2.05, 4.69) is 32.3 Å². The Morgan fingerprint density at radius 1 is 1.23 bits per heavy atom. The second kappa shape index (κ2) is 7.83. The Morgan fingerprint density at radius 2 is 2.12 bits per heavy atom. The van der Waals surface area contributed by atoms with Crippen LogP contribution in [-0.2, 0) is 11.2 Å².